The number of hydrogen-bond acceptors (Lipinski definition) is 2. The van der Waals surface area contributed by atoms with Crippen molar-refractivity contribution in [1.29, 1.82) is 0 Å². The van der Waals surface area contributed by atoms with Crippen molar-refractivity contribution in [3.8, 4) is 0 Å². The summed E-state index contributed by atoms with van der Waals surface area (Å²) in [5, 5.41) is 19.2. The quantitative estimate of drug-likeness (QED) is 0.823. The molecule has 1 fully saturated rings. The maximum Gasteiger partial charge on any atom is 0.312 e. The van der Waals surface area contributed by atoms with E-state index in [0.29, 0.717) is 18.4 Å². The lowest BCUT2D eigenvalue weighted by Gasteiger charge is -2.18. The number of carboxylic acids is 1. The van der Waals surface area contributed by atoms with E-state index in [2.05, 4.69) is 6.92 Å². The number of rotatable bonds is 5. The Balaban J connectivity index is 2.15. The van der Waals surface area contributed by atoms with Crippen LogP contribution in [0.3, 0.4) is 0 Å². The Bertz CT molecular complexity index is 404. The van der Waals surface area contributed by atoms with Crippen molar-refractivity contribution >= 4 is 5.97 Å². The molecule has 0 saturated heterocycles. The second-order valence-corrected chi connectivity index (χ2v) is 4.86. The number of carboxylic acid groups (broad SMARTS) is 1. The molecule has 3 heteroatoms. The summed E-state index contributed by atoms with van der Waals surface area (Å²) in [4.78, 5) is 11.1. The second-order valence-electron chi connectivity index (χ2n) is 4.86. The molecule has 3 nitrogen and oxygen atoms in total. The minimum Gasteiger partial charge on any atom is -0.481 e. The lowest BCUT2D eigenvalue weighted by atomic mass is 9.92. The lowest BCUT2D eigenvalue weighted by molar-refractivity contribution is -0.148. The van der Waals surface area contributed by atoms with Gasteiger partial charge in [-0.2, -0.15) is 0 Å². The van der Waals surface area contributed by atoms with Crippen molar-refractivity contribution < 1.29 is 15.0 Å². The highest BCUT2D eigenvalue weighted by atomic mass is 16.4. The molecule has 2 N–H and O–H groups in total. The summed E-state index contributed by atoms with van der Waals surface area (Å²) >= 11 is 0. The number of aliphatic carboxylic acids is 1. The van der Waals surface area contributed by atoms with Crippen LogP contribution in [0.1, 0.15) is 43.4 Å². The number of aryl methyl sites for hydroxylation is 1. The van der Waals surface area contributed by atoms with Gasteiger partial charge in [0.2, 0.25) is 0 Å². The number of benzene rings is 1. The fourth-order valence-electron chi connectivity index (χ4n) is 2.21. The van der Waals surface area contributed by atoms with Crippen LogP contribution in [0.5, 0.6) is 0 Å². The Morgan fingerprint density at radius 2 is 1.94 bits per heavy atom. The first-order valence-electron chi connectivity index (χ1n) is 6.10. The van der Waals surface area contributed by atoms with Gasteiger partial charge in [0.05, 0.1) is 11.5 Å². The summed E-state index contributed by atoms with van der Waals surface area (Å²) in [5.74, 6) is -0.886. The van der Waals surface area contributed by atoms with Gasteiger partial charge in [-0.1, -0.05) is 37.6 Å². The third-order valence-corrected chi connectivity index (χ3v) is 3.57. The number of hydrogen-bond donors (Lipinski definition) is 2. The molecule has 0 radical (unpaired) electrons. The topological polar surface area (TPSA) is 57.5 Å². The van der Waals surface area contributed by atoms with Crippen LogP contribution >= 0.6 is 0 Å². The van der Waals surface area contributed by atoms with Gasteiger partial charge >= 0.3 is 5.97 Å². The van der Waals surface area contributed by atoms with Crippen molar-refractivity contribution in [3.05, 3.63) is 35.4 Å². The van der Waals surface area contributed by atoms with Crippen LogP contribution in [0.4, 0.5) is 0 Å². The van der Waals surface area contributed by atoms with Crippen molar-refractivity contribution in [2.24, 2.45) is 5.41 Å². The van der Waals surface area contributed by atoms with E-state index in [9.17, 15) is 9.90 Å². The van der Waals surface area contributed by atoms with Gasteiger partial charge in [0.1, 0.15) is 0 Å². The average molecular weight is 234 g/mol. The van der Waals surface area contributed by atoms with E-state index in [1.54, 1.807) is 0 Å². The van der Waals surface area contributed by atoms with Gasteiger partial charge < -0.3 is 10.2 Å². The summed E-state index contributed by atoms with van der Waals surface area (Å²) in [6.45, 7) is 2.12. The zero-order valence-electron chi connectivity index (χ0n) is 10.0. The van der Waals surface area contributed by atoms with Crippen LogP contribution < -0.4 is 0 Å². The molecule has 1 aromatic carbocycles. The Hall–Kier alpha value is -1.35. The van der Waals surface area contributed by atoms with Crippen LogP contribution in [0.15, 0.2) is 24.3 Å². The maximum atomic E-state index is 11.1. The van der Waals surface area contributed by atoms with Gasteiger partial charge in [-0.3, -0.25) is 4.79 Å². The molecule has 1 aliphatic rings. The summed E-state index contributed by atoms with van der Waals surface area (Å²) in [5.41, 5.74) is 1.01. The molecule has 92 valence electrons. The van der Waals surface area contributed by atoms with Crippen LogP contribution in [-0.2, 0) is 11.2 Å². The van der Waals surface area contributed by atoms with Gasteiger partial charge in [-0.15, -0.1) is 0 Å². The Labute approximate surface area is 101 Å². The highest BCUT2D eigenvalue weighted by molar-refractivity contribution is 5.79. The van der Waals surface area contributed by atoms with E-state index in [4.69, 9.17) is 5.11 Å². The van der Waals surface area contributed by atoms with E-state index >= 15 is 0 Å². The predicted molar refractivity (Wildman–Crippen MR) is 64.7 cm³/mol. The van der Waals surface area contributed by atoms with Gasteiger partial charge in [-0.05, 0) is 30.4 Å². The third kappa shape index (κ3) is 2.20. The number of aliphatic hydroxyl groups is 1. The van der Waals surface area contributed by atoms with Crippen LogP contribution in [0.2, 0.25) is 0 Å². The highest BCUT2D eigenvalue weighted by Crippen LogP contribution is 2.55. The van der Waals surface area contributed by atoms with E-state index < -0.39 is 17.5 Å². The first-order chi connectivity index (χ1) is 8.10. The average Bonchev–Trinajstić information content (AvgIpc) is 3.11. The SMILES string of the molecule is CCCc1ccc(C(O)C2(C(=O)O)CC2)cc1. The third-order valence-electron chi connectivity index (χ3n) is 3.57. The largest absolute Gasteiger partial charge is 0.481 e. The highest BCUT2D eigenvalue weighted by Gasteiger charge is 2.56. The van der Waals surface area contributed by atoms with Gasteiger partial charge in [-0.25, -0.2) is 0 Å². The monoisotopic (exact) mass is 234 g/mol. The van der Waals surface area contributed by atoms with Crippen molar-refractivity contribution in [2.75, 3.05) is 0 Å². The first-order valence-corrected chi connectivity index (χ1v) is 6.10. The molecule has 1 atom stereocenters. The van der Waals surface area contributed by atoms with E-state index in [-0.39, 0.29) is 0 Å². The molecule has 17 heavy (non-hydrogen) atoms. The molecule has 1 aromatic rings. The predicted octanol–water partition coefficient (Wildman–Crippen LogP) is 2.54. The molecule has 1 unspecified atom stereocenters. The lowest BCUT2D eigenvalue weighted by Crippen LogP contribution is -2.23. The molecule has 0 spiro atoms. The zero-order chi connectivity index (χ0) is 12.5. The molecule has 1 aliphatic carbocycles. The summed E-state index contributed by atoms with van der Waals surface area (Å²) in [6.07, 6.45) is 2.36. The normalized spacial score (nSPS) is 18.7. The van der Waals surface area contributed by atoms with Crippen LogP contribution in [0.25, 0.3) is 0 Å². The summed E-state index contributed by atoms with van der Waals surface area (Å²) in [6, 6.07) is 7.64. The molecular formula is C14H18O3. The van der Waals surface area contributed by atoms with E-state index in [1.165, 1.54) is 5.56 Å². The van der Waals surface area contributed by atoms with E-state index in [0.717, 1.165) is 12.8 Å². The Morgan fingerprint density at radius 1 is 1.35 bits per heavy atom. The van der Waals surface area contributed by atoms with Gasteiger partial charge in [0.15, 0.2) is 0 Å². The van der Waals surface area contributed by atoms with Gasteiger partial charge in [0.25, 0.3) is 0 Å². The molecule has 0 aliphatic heterocycles. The standard InChI is InChI=1S/C14H18O3/c1-2-3-10-4-6-11(7-5-10)12(15)14(8-9-14)13(16)17/h4-7,12,15H,2-3,8-9H2,1H3,(H,16,17). The Morgan fingerprint density at radius 3 is 2.35 bits per heavy atom. The van der Waals surface area contributed by atoms with Gasteiger partial charge in [0, 0.05) is 0 Å². The molecule has 0 heterocycles. The minimum atomic E-state index is -0.924. The minimum absolute atomic E-state index is 0.570. The second kappa shape index (κ2) is 4.49. The molecule has 1 saturated carbocycles. The maximum absolute atomic E-state index is 11.1. The smallest absolute Gasteiger partial charge is 0.312 e. The molecular weight excluding hydrogens is 216 g/mol. The first kappa shape index (κ1) is 12.1. The molecule has 0 bridgehead atoms. The molecule has 0 amide bonds. The van der Waals surface area contributed by atoms with Crippen molar-refractivity contribution in [2.45, 2.75) is 38.7 Å². The number of carbonyl (C=O) groups is 1. The summed E-state index contributed by atoms with van der Waals surface area (Å²) in [7, 11) is 0. The molecule has 2 rings (SSSR count). The fourth-order valence-corrected chi connectivity index (χ4v) is 2.21. The Kier molecular flexibility index (Phi) is 3.20. The van der Waals surface area contributed by atoms with E-state index in [1.807, 2.05) is 24.3 Å². The number of aliphatic hydroxyl groups excluding tert-OH is 1. The van der Waals surface area contributed by atoms with Crippen molar-refractivity contribution in [1.82, 2.24) is 0 Å². The van der Waals surface area contributed by atoms with Crippen LogP contribution in [0, 0.1) is 5.41 Å². The van der Waals surface area contributed by atoms with Crippen molar-refractivity contribution in [3.63, 3.8) is 0 Å². The van der Waals surface area contributed by atoms with Crippen LogP contribution in [-0.4, -0.2) is 16.2 Å². The summed E-state index contributed by atoms with van der Waals surface area (Å²) < 4.78 is 0. The fraction of sp³-hybridized carbons (Fsp3) is 0.500. The molecule has 0 aromatic heterocycles. The zero-order valence-corrected chi connectivity index (χ0v) is 10.0.